The smallest absolute Gasteiger partial charge is 0.244 e. The maximum atomic E-state index is 13.4. The van der Waals surface area contributed by atoms with E-state index in [0.29, 0.717) is 11.3 Å². The van der Waals surface area contributed by atoms with Crippen LogP contribution in [0.15, 0.2) is 48.5 Å². The average Bonchev–Trinajstić information content (AvgIpc) is 3.35. The number of fused-ring (bicyclic) bond motifs is 3. The molecule has 2 aromatic rings. The fraction of sp³-hybridized carbons (Fsp3) is 0.348. The molecule has 0 saturated carbocycles. The van der Waals surface area contributed by atoms with Gasteiger partial charge < -0.3 is 4.90 Å². The summed E-state index contributed by atoms with van der Waals surface area (Å²) in [5.41, 5.74) is 2.02. The first-order valence-electron chi connectivity index (χ1n) is 10.1. The lowest BCUT2D eigenvalue weighted by Gasteiger charge is -2.25. The van der Waals surface area contributed by atoms with E-state index in [-0.39, 0.29) is 23.6 Å². The number of quaternary nitrogens is 1. The molecule has 5 nitrogen and oxygen atoms in total. The zero-order chi connectivity index (χ0) is 20.3. The molecule has 3 saturated heterocycles. The van der Waals surface area contributed by atoms with Crippen molar-refractivity contribution in [3.63, 3.8) is 0 Å². The highest BCUT2D eigenvalue weighted by Gasteiger charge is 2.68. The van der Waals surface area contributed by atoms with E-state index >= 15 is 0 Å². The predicted octanol–water partition coefficient (Wildman–Crippen LogP) is 1.55. The van der Waals surface area contributed by atoms with Gasteiger partial charge in [-0.2, -0.15) is 0 Å². The second kappa shape index (κ2) is 6.59. The van der Waals surface area contributed by atoms with E-state index in [1.54, 1.807) is 12.1 Å². The molecule has 0 aliphatic carbocycles. The Morgan fingerprint density at radius 3 is 2.34 bits per heavy atom. The molecule has 0 bridgehead atoms. The van der Waals surface area contributed by atoms with Gasteiger partial charge in [-0.25, -0.2) is 9.29 Å². The number of nitrogens with one attached hydrogen (secondary N) is 1. The van der Waals surface area contributed by atoms with E-state index in [0.717, 1.165) is 29.8 Å². The van der Waals surface area contributed by atoms with E-state index in [1.165, 1.54) is 29.2 Å². The van der Waals surface area contributed by atoms with Gasteiger partial charge in [-0.15, -0.1) is 0 Å². The number of halogens is 1. The third-order valence-electron chi connectivity index (χ3n) is 6.75. The van der Waals surface area contributed by atoms with Crippen LogP contribution < -0.4 is 9.80 Å². The van der Waals surface area contributed by atoms with Crippen LogP contribution in [0.5, 0.6) is 0 Å². The minimum Gasteiger partial charge on any atom is -0.322 e. The third kappa shape index (κ3) is 2.66. The van der Waals surface area contributed by atoms with Crippen LogP contribution in [0.3, 0.4) is 0 Å². The van der Waals surface area contributed by atoms with Crippen molar-refractivity contribution in [2.75, 3.05) is 11.4 Å². The van der Waals surface area contributed by atoms with Crippen LogP contribution in [-0.2, 0) is 9.59 Å². The SMILES string of the molecule is Cc1ccc(C(=O)[C@@H]2[C@@H]3C(=O)N(c4ccc(F)cc4)C(=O)[C@@H]3[C@H]3CCC[NH+]32)cc1. The Bertz CT molecular complexity index is 1000. The minimum atomic E-state index is -0.651. The molecule has 1 N–H and O–H groups in total. The molecule has 0 spiro atoms. The number of carbonyl (C=O) groups is 3. The summed E-state index contributed by atoms with van der Waals surface area (Å²) in [6.07, 6.45) is 1.78. The number of hydrogen-bond acceptors (Lipinski definition) is 3. The summed E-state index contributed by atoms with van der Waals surface area (Å²) in [7, 11) is 0. The highest BCUT2D eigenvalue weighted by Crippen LogP contribution is 2.40. The van der Waals surface area contributed by atoms with Crippen LogP contribution in [0.1, 0.15) is 28.8 Å². The fourth-order valence-corrected chi connectivity index (χ4v) is 5.48. The van der Waals surface area contributed by atoms with Gasteiger partial charge >= 0.3 is 0 Å². The summed E-state index contributed by atoms with van der Waals surface area (Å²) in [5, 5.41) is 0. The normalized spacial score (nSPS) is 30.6. The molecule has 3 fully saturated rings. The van der Waals surface area contributed by atoms with Crippen LogP contribution >= 0.6 is 0 Å². The van der Waals surface area contributed by atoms with E-state index < -0.39 is 23.7 Å². The molecule has 0 aromatic heterocycles. The van der Waals surface area contributed by atoms with Gasteiger partial charge in [0.15, 0.2) is 6.04 Å². The quantitative estimate of drug-likeness (QED) is 0.636. The molecule has 2 aromatic carbocycles. The zero-order valence-electron chi connectivity index (χ0n) is 16.1. The van der Waals surface area contributed by atoms with Gasteiger partial charge in [0.05, 0.1) is 12.2 Å². The van der Waals surface area contributed by atoms with Crippen molar-refractivity contribution in [1.29, 1.82) is 0 Å². The van der Waals surface area contributed by atoms with Crippen LogP contribution in [0, 0.1) is 24.6 Å². The Hall–Kier alpha value is -2.86. The van der Waals surface area contributed by atoms with Crippen molar-refractivity contribution in [3.05, 3.63) is 65.5 Å². The monoisotopic (exact) mass is 393 g/mol. The summed E-state index contributed by atoms with van der Waals surface area (Å²) in [4.78, 5) is 42.3. The molecule has 2 amide bonds. The molecule has 5 atom stereocenters. The number of Topliss-reactive ketones (excluding diaryl/α,β-unsaturated/α-hetero) is 1. The number of benzene rings is 2. The first-order valence-corrected chi connectivity index (χ1v) is 10.1. The standard InChI is InChI=1S/C23H21FN2O3/c1-13-4-6-14(7-5-13)21(27)20-19-18(17-3-2-12-25(17)20)22(28)26(23(19)29)16-10-8-15(24)9-11-16/h4-11,17-20H,2-3,12H2,1H3/p+1/t17-,18-,19-,20+/m1/s1. The lowest BCUT2D eigenvalue weighted by atomic mass is 9.85. The fourth-order valence-electron chi connectivity index (χ4n) is 5.48. The second-order valence-corrected chi connectivity index (χ2v) is 8.32. The van der Waals surface area contributed by atoms with Gasteiger partial charge in [0, 0.05) is 18.4 Å². The maximum absolute atomic E-state index is 13.4. The molecular weight excluding hydrogens is 371 g/mol. The number of hydrogen-bond donors (Lipinski definition) is 1. The van der Waals surface area contributed by atoms with Crippen molar-refractivity contribution >= 4 is 23.3 Å². The molecule has 1 unspecified atom stereocenters. The number of rotatable bonds is 3. The van der Waals surface area contributed by atoms with E-state index in [9.17, 15) is 18.8 Å². The number of anilines is 1. The topological polar surface area (TPSA) is 58.9 Å². The van der Waals surface area contributed by atoms with Gasteiger partial charge in [0.1, 0.15) is 23.7 Å². The molecular formula is C23H22FN2O3+. The summed E-state index contributed by atoms with van der Waals surface area (Å²) >= 11 is 0. The summed E-state index contributed by atoms with van der Waals surface area (Å²) in [6, 6.07) is 12.2. The first-order chi connectivity index (χ1) is 14.0. The summed E-state index contributed by atoms with van der Waals surface area (Å²) in [6.45, 7) is 2.76. The van der Waals surface area contributed by atoms with E-state index in [1.807, 2.05) is 19.1 Å². The summed E-state index contributed by atoms with van der Waals surface area (Å²) in [5.74, 6) is -2.21. The molecule has 3 aliphatic heterocycles. The zero-order valence-corrected chi connectivity index (χ0v) is 16.1. The van der Waals surface area contributed by atoms with Crippen LogP contribution in [-0.4, -0.2) is 36.2 Å². The van der Waals surface area contributed by atoms with Gasteiger partial charge in [-0.1, -0.05) is 29.8 Å². The Morgan fingerprint density at radius 1 is 1.00 bits per heavy atom. The van der Waals surface area contributed by atoms with Crippen LogP contribution in [0.2, 0.25) is 0 Å². The lowest BCUT2D eigenvalue weighted by molar-refractivity contribution is -0.915. The Morgan fingerprint density at radius 2 is 1.66 bits per heavy atom. The van der Waals surface area contributed by atoms with Crippen molar-refractivity contribution in [2.24, 2.45) is 11.8 Å². The highest BCUT2D eigenvalue weighted by atomic mass is 19.1. The molecule has 6 heteroatoms. The molecule has 3 heterocycles. The van der Waals surface area contributed by atoms with Crippen LogP contribution in [0.4, 0.5) is 10.1 Å². The van der Waals surface area contributed by atoms with Crippen molar-refractivity contribution in [1.82, 2.24) is 0 Å². The molecule has 0 radical (unpaired) electrons. The van der Waals surface area contributed by atoms with Crippen molar-refractivity contribution in [2.45, 2.75) is 31.8 Å². The summed E-state index contributed by atoms with van der Waals surface area (Å²) < 4.78 is 13.3. The van der Waals surface area contributed by atoms with Crippen molar-refractivity contribution < 1.29 is 23.7 Å². The van der Waals surface area contributed by atoms with Gasteiger partial charge in [-0.3, -0.25) is 14.4 Å². The highest BCUT2D eigenvalue weighted by molar-refractivity contribution is 6.24. The van der Waals surface area contributed by atoms with Crippen LogP contribution in [0.25, 0.3) is 0 Å². The Balaban J connectivity index is 1.54. The van der Waals surface area contributed by atoms with Gasteiger partial charge in [0.25, 0.3) is 0 Å². The van der Waals surface area contributed by atoms with E-state index in [2.05, 4.69) is 0 Å². The number of amides is 2. The predicted molar refractivity (Wildman–Crippen MR) is 104 cm³/mol. The number of carbonyl (C=O) groups excluding carboxylic acids is 3. The maximum Gasteiger partial charge on any atom is 0.244 e. The van der Waals surface area contributed by atoms with Gasteiger partial charge in [-0.05, 0) is 31.2 Å². The number of nitrogens with zero attached hydrogens (tertiary/aromatic N) is 1. The lowest BCUT2D eigenvalue weighted by Crippen LogP contribution is -3.16. The number of imide groups is 1. The second-order valence-electron chi connectivity index (χ2n) is 8.32. The molecule has 3 aliphatic rings. The number of aryl methyl sites for hydroxylation is 1. The average molecular weight is 393 g/mol. The Labute approximate surface area is 168 Å². The van der Waals surface area contributed by atoms with Gasteiger partial charge in [0.2, 0.25) is 17.6 Å². The number of ketones is 1. The largest absolute Gasteiger partial charge is 0.322 e. The Kier molecular flexibility index (Phi) is 4.13. The molecule has 29 heavy (non-hydrogen) atoms. The molecule has 148 valence electrons. The van der Waals surface area contributed by atoms with Crippen molar-refractivity contribution in [3.8, 4) is 0 Å². The van der Waals surface area contributed by atoms with E-state index in [4.69, 9.17) is 0 Å². The molecule has 5 rings (SSSR count). The minimum absolute atomic E-state index is 0.0127. The third-order valence-corrected chi connectivity index (χ3v) is 6.75. The first kappa shape index (κ1) is 18.2.